The van der Waals surface area contributed by atoms with Crippen molar-refractivity contribution >= 4 is 16.9 Å². The van der Waals surface area contributed by atoms with E-state index in [-0.39, 0.29) is 11.3 Å². The quantitative estimate of drug-likeness (QED) is 0.886. The Bertz CT molecular complexity index is 672. The number of hydrogen-bond donors (Lipinski definition) is 1. The van der Waals surface area contributed by atoms with Crippen molar-refractivity contribution in [3.63, 3.8) is 0 Å². The topological polar surface area (TPSA) is 42.2 Å². The summed E-state index contributed by atoms with van der Waals surface area (Å²) in [4.78, 5) is 11.6. The number of carboxylic acid groups (broad SMARTS) is 1. The number of aromatic nitrogens is 1. The molecule has 0 fully saturated rings. The second-order valence-electron chi connectivity index (χ2n) is 6.76. The molecule has 1 N–H and O–H groups in total. The SMILES string of the molecule is CC(C)c1c(C(=O)O)n(C)c2ccc(C(C)(C)C)cc12. The molecule has 0 unspecified atom stereocenters. The molecular weight excluding hydrogens is 250 g/mol. The maximum absolute atomic E-state index is 11.6. The molecule has 0 atom stereocenters. The molecule has 0 aliphatic heterocycles. The summed E-state index contributed by atoms with van der Waals surface area (Å²) in [5.41, 5.74) is 3.61. The molecule has 20 heavy (non-hydrogen) atoms. The lowest BCUT2D eigenvalue weighted by molar-refractivity contribution is 0.0685. The number of aryl methyl sites for hydroxylation is 1. The highest BCUT2D eigenvalue weighted by atomic mass is 16.4. The van der Waals surface area contributed by atoms with E-state index in [1.807, 2.05) is 27.0 Å². The van der Waals surface area contributed by atoms with Gasteiger partial charge in [0.25, 0.3) is 0 Å². The van der Waals surface area contributed by atoms with Crippen molar-refractivity contribution in [3.8, 4) is 0 Å². The van der Waals surface area contributed by atoms with Crippen LogP contribution in [0.4, 0.5) is 0 Å². The van der Waals surface area contributed by atoms with E-state index >= 15 is 0 Å². The number of aromatic carboxylic acids is 1. The van der Waals surface area contributed by atoms with Gasteiger partial charge in [-0.2, -0.15) is 0 Å². The summed E-state index contributed by atoms with van der Waals surface area (Å²) in [7, 11) is 1.83. The Kier molecular flexibility index (Phi) is 3.41. The average Bonchev–Trinajstić information content (AvgIpc) is 2.61. The van der Waals surface area contributed by atoms with Crippen LogP contribution in [0.3, 0.4) is 0 Å². The molecule has 0 radical (unpaired) electrons. The Labute approximate surface area is 120 Å². The van der Waals surface area contributed by atoms with Gasteiger partial charge in [-0.3, -0.25) is 0 Å². The zero-order valence-electron chi connectivity index (χ0n) is 13.1. The van der Waals surface area contributed by atoms with Gasteiger partial charge in [0.2, 0.25) is 0 Å². The van der Waals surface area contributed by atoms with Gasteiger partial charge >= 0.3 is 5.97 Å². The van der Waals surface area contributed by atoms with Crippen LogP contribution < -0.4 is 0 Å². The van der Waals surface area contributed by atoms with E-state index in [9.17, 15) is 9.90 Å². The minimum Gasteiger partial charge on any atom is -0.477 e. The summed E-state index contributed by atoms with van der Waals surface area (Å²) in [5.74, 6) is -0.676. The van der Waals surface area contributed by atoms with E-state index in [1.54, 1.807) is 4.57 Å². The molecule has 0 bridgehead atoms. The lowest BCUT2D eigenvalue weighted by atomic mass is 9.85. The molecule has 2 rings (SSSR count). The molecule has 108 valence electrons. The maximum Gasteiger partial charge on any atom is 0.352 e. The van der Waals surface area contributed by atoms with Gasteiger partial charge in [-0.25, -0.2) is 4.79 Å². The Morgan fingerprint density at radius 1 is 1.25 bits per heavy atom. The standard InChI is InChI=1S/C17H23NO2/c1-10(2)14-12-9-11(17(3,4)5)7-8-13(12)18(6)15(14)16(19)20/h7-10H,1-6H3,(H,19,20). The number of fused-ring (bicyclic) bond motifs is 1. The van der Waals surface area contributed by atoms with Gasteiger partial charge in [-0.05, 0) is 34.6 Å². The molecule has 0 saturated carbocycles. The Balaban J connectivity index is 2.87. The van der Waals surface area contributed by atoms with Crippen LogP contribution >= 0.6 is 0 Å². The molecule has 1 heterocycles. The summed E-state index contributed by atoms with van der Waals surface area (Å²) in [6.07, 6.45) is 0. The molecule has 0 spiro atoms. The van der Waals surface area contributed by atoms with Gasteiger partial charge in [0, 0.05) is 18.0 Å². The first-order valence-electron chi connectivity index (χ1n) is 7.00. The van der Waals surface area contributed by atoms with Crippen LogP contribution in [0.15, 0.2) is 18.2 Å². The van der Waals surface area contributed by atoms with Gasteiger partial charge in [-0.1, -0.05) is 40.7 Å². The number of carboxylic acids is 1. The van der Waals surface area contributed by atoms with Crippen LogP contribution in [0.25, 0.3) is 10.9 Å². The first-order valence-corrected chi connectivity index (χ1v) is 7.00. The highest BCUT2D eigenvalue weighted by molar-refractivity contribution is 5.98. The first-order chi connectivity index (χ1) is 9.14. The number of benzene rings is 1. The first kappa shape index (κ1) is 14.6. The van der Waals surface area contributed by atoms with Crippen molar-refractivity contribution in [3.05, 3.63) is 35.0 Å². The average molecular weight is 273 g/mol. The van der Waals surface area contributed by atoms with Crippen molar-refractivity contribution in [2.75, 3.05) is 0 Å². The van der Waals surface area contributed by atoms with E-state index in [2.05, 4.69) is 32.9 Å². The summed E-state index contributed by atoms with van der Waals surface area (Å²) in [5, 5.41) is 10.6. The predicted octanol–water partition coefficient (Wildman–Crippen LogP) is 4.30. The van der Waals surface area contributed by atoms with Gasteiger partial charge in [-0.15, -0.1) is 0 Å². The number of hydrogen-bond acceptors (Lipinski definition) is 1. The van der Waals surface area contributed by atoms with Crippen LogP contribution in [0, 0.1) is 0 Å². The molecule has 0 aliphatic carbocycles. The van der Waals surface area contributed by atoms with Crippen LogP contribution in [0.2, 0.25) is 0 Å². The zero-order valence-corrected chi connectivity index (χ0v) is 13.1. The van der Waals surface area contributed by atoms with Crippen molar-refractivity contribution in [1.29, 1.82) is 0 Å². The fourth-order valence-electron chi connectivity index (χ4n) is 2.78. The number of carbonyl (C=O) groups is 1. The fourth-order valence-corrected chi connectivity index (χ4v) is 2.78. The summed E-state index contributed by atoms with van der Waals surface area (Å²) < 4.78 is 1.79. The Morgan fingerprint density at radius 2 is 1.85 bits per heavy atom. The molecule has 0 saturated heterocycles. The number of rotatable bonds is 2. The van der Waals surface area contributed by atoms with Crippen LogP contribution in [0.1, 0.15) is 62.2 Å². The third-order valence-electron chi connectivity index (χ3n) is 3.88. The zero-order chi connectivity index (χ0) is 15.2. The molecule has 0 amide bonds. The Hall–Kier alpha value is -1.77. The molecule has 3 heteroatoms. The molecule has 1 aromatic carbocycles. The highest BCUT2D eigenvalue weighted by Gasteiger charge is 2.24. The fraction of sp³-hybridized carbons (Fsp3) is 0.471. The summed E-state index contributed by atoms with van der Waals surface area (Å²) >= 11 is 0. The maximum atomic E-state index is 11.6. The normalized spacial score (nSPS) is 12.3. The molecule has 2 aromatic rings. The van der Waals surface area contributed by atoms with E-state index in [1.165, 1.54) is 5.56 Å². The van der Waals surface area contributed by atoms with E-state index in [4.69, 9.17) is 0 Å². The lowest BCUT2D eigenvalue weighted by Gasteiger charge is -2.19. The monoisotopic (exact) mass is 273 g/mol. The molecular formula is C17H23NO2. The molecule has 3 nitrogen and oxygen atoms in total. The van der Waals surface area contributed by atoms with Crippen molar-refractivity contribution < 1.29 is 9.90 Å². The van der Waals surface area contributed by atoms with E-state index in [0.29, 0.717) is 5.69 Å². The minimum atomic E-state index is -0.857. The van der Waals surface area contributed by atoms with Crippen molar-refractivity contribution in [2.24, 2.45) is 7.05 Å². The predicted molar refractivity (Wildman–Crippen MR) is 82.7 cm³/mol. The van der Waals surface area contributed by atoms with Crippen LogP contribution in [0.5, 0.6) is 0 Å². The van der Waals surface area contributed by atoms with E-state index in [0.717, 1.165) is 16.5 Å². The third kappa shape index (κ3) is 2.21. The molecule has 0 aliphatic rings. The van der Waals surface area contributed by atoms with Gasteiger partial charge < -0.3 is 9.67 Å². The third-order valence-corrected chi connectivity index (χ3v) is 3.88. The summed E-state index contributed by atoms with van der Waals surface area (Å²) in [6, 6.07) is 6.28. The van der Waals surface area contributed by atoms with Gasteiger partial charge in [0.15, 0.2) is 0 Å². The highest BCUT2D eigenvalue weighted by Crippen LogP contribution is 2.34. The molecule has 1 aromatic heterocycles. The Morgan fingerprint density at radius 3 is 2.30 bits per heavy atom. The van der Waals surface area contributed by atoms with Crippen molar-refractivity contribution in [1.82, 2.24) is 4.57 Å². The summed E-state index contributed by atoms with van der Waals surface area (Å²) in [6.45, 7) is 10.6. The second kappa shape index (κ2) is 4.65. The second-order valence-corrected chi connectivity index (χ2v) is 6.76. The smallest absolute Gasteiger partial charge is 0.352 e. The minimum absolute atomic E-state index is 0.0572. The largest absolute Gasteiger partial charge is 0.477 e. The van der Waals surface area contributed by atoms with Crippen LogP contribution in [-0.2, 0) is 12.5 Å². The van der Waals surface area contributed by atoms with Gasteiger partial charge in [0.1, 0.15) is 5.69 Å². The number of nitrogens with zero attached hydrogens (tertiary/aromatic N) is 1. The van der Waals surface area contributed by atoms with E-state index < -0.39 is 5.97 Å². The van der Waals surface area contributed by atoms with Crippen LogP contribution in [-0.4, -0.2) is 15.6 Å². The lowest BCUT2D eigenvalue weighted by Crippen LogP contribution is -2.10. The van der Waals surface area contributed by atoms with Gasteiger partial charge in [0.05, 0.1) is 0 Å². The van der Waals surface area contributed by atoms with Crippen molar-refractivity contribution in [2.45, 2.75) is 46.0 Å².